The van der Waals surface area contributed by atoms with Crippen LogP contribution in [-0.2, 0) is 39.1 Å². The zero-order valence-electron chi connectivity index (χ0n) is 13.5. The van der Waals surface area contributed by atoms with E-state index < -0.39 is 40.2 Å². The van der Waals surface area contributed by atoms with E-state index >= 15 is 0 Å². The first-order chi connectivity index (χ1) is 12.1. The molecule has 0 aliphatic carbocycles. The van der Waals surface area contributed by atoms with Crippen LogP contribution in [0.2, 0.25) is 0 Å². The molecule has 2 atom stereocenters. The van der Waals surface area contributed by atoms with Crippen LogP contribution in [0.1, 0.15) is 0 Å². The summed E-state index contributed by atoms with van der Waals surface area (Å²) >= 11 is 0. The van der Waals surface area contributed by atoms with E-state index in [1.165, 1.54) is 0 Å². The summed E-state index contributed by atoms with van der Waals surface area (Å²) < 4.78 is 35.8. The third-order valence-electron chi connectivity index (χ3n) is 3.39. The van der Waals surface area contributed by atoms with Crippen molar-refractivity contribution in [1.82, 2.24) is 14.8 Å². The lowest BCUT2D eigenvalue weighted by Crippen LogP contribution is -2.74. The van der Waals surface area contributed by atoms with Crippen molar-refractivity contribution in [3.63, 3.8) is 0 Å². The molecule has 0 aromatic heterocycles. The maximum absolute atomic E-state index is 12.4. The molecule has 15 heteroatoms. The summed E-state index contributed by atoms with van der Waals surface area (Å²) in [4.78, 5) is 45.4. The summed E-state index contributed by atoms with van der Waals surface area (Å²) in [6.45, 7) is -0.0359. The molecule has 0 aromatic rings. The Labute approximate surface area is 146 Å². The molecule has 2 amide bonds. The number of methoxy groups -OCH3 is 1. The zero-order chi connectivity index (χ0) is 19.6. The van der Waals surface area contributed by atoms with E-state index in [0.717, 1.165) is 25.7 Å². The van der Waals surface area contributed by atoms with E-state index in [1.807, 2.05) is 0 Å². The number of hydrogen-bond acceptors (Lipinski definition) is 11. The number of carbonyl (C=O) groups excluding carboxylic acids is 3. The molecular formula is C11H15N5O9S. The lowest BCUT2D eigenvalue weighted by Gasteiger charge is -2.41. The molecule has 2 rings (SSSR count). The summed E-state index contributed by atoms with van der Waals surface area (Å²) in [7, 11) is -2.91. The molecule has 1 fully saturated rings. The normalized spacial score (nSPS) is 23.7. The van der Waals surface area contributed by atoms with E-state index in [0.29, 0.717) is 0 Å². The van der Waals surface area contributed by atoms with Gasteiger partial charge in [-0.05, 0) is 0 Å². The van der Waals surface area contributed by atoms with Crippen molar-refractivity contribution >= 4 is 33.8 Å². The number of ether oxygens (including phenoxy) is 1. The molecule has 2 aliphatic rings. The van der Waals surface area contributed by atoms with Gasteiger partial charge in [0.25, 0.3) is 11.8 Å². The standard InChI is InChI=1S/C11H15N5O9S/c1-23-11(19)8-7(10(18)16(8)26(20,21)22)13-9(17)6(14-24-2)5-3-15(12)25-4-5/h4,7-8H,3,12H2,1-2H3,(H,13,17)(H,20,21,22)/b14-6-/t7-,8-/m1/s1. The van der Waals surface area contributed by atoms with Gasteiger partial charge in [0.2, 0.25) is 0 Å². The second-order valence-electron chi connectivity index (χ2n) is 4.98. The number of hydrogen-bond donors (Lipinski definition) is 3. The van der Waals surface area contributed by atoms with Crippen LogP contribution in [0.25, 0.3) is 0 Å². The number of hydrazine groups is 1. The SMILES string of the molecule is CO/N=C(\C(=O)N[C@H]1C(=O)N(S(=O)(=O)O)[C@H]1C(=O)OC)C1=CON(N)C1. The molecule has 2 heterocycles. The number of rotatable bonds is 6. The smallest absolute Gasteiger partial charge is 0.363 e. The van der Waals surface area contributed by atoms with Gasteiger partial charge in [-0.1, -0.05) is 10.3 Å². The van der Waals surface area contributed by atoms with Crippen LogP contribution >= 0.6 is 0 Å². The Bertz CT molecular complexity index is 792. The lowest BCUT2D eigenvalue weighted by atomic mass is 9.98. The Morgan fingerprint density at radius 3 is 2.58 bits per heavy atom. The van der Waals surface area contributed by atoms with Crippen LogP contribution < -0.4 is 11.2 Å². The highest BCUT2D eigenvalue weighted by Gasteiger charge is 2.58. The number of amides is 2. The van der Waals surface area contributed by atoms with Gasteiger partial charge in [-0.25, -0.2) is 10.6 Å². The Morgan fingerprint density at radius 2 is 2.12 bits per heavy atom. The van der Waals surface area contributed by atoms with Gasteiger partial charge in [-0.2, -0.15) is 12.7 Å². The van der Waals surface area contributed by atoms with Gasteiger partial charge >= 0.3 is 16.3 Å². The second-order valence-corrected chi connectivity index (χ2v) is 6.27. The number of nitrogens with one attached hydrogen (secondary N) is 1. The molecule has 0 aromatic carbocycles. The molecule has 0 radical (unpaired) electrons. The van der Waals surface area contributed by atoms with Crippen molar-refractivity contribution in [1.29, 1.82) is 0 Å². The second kappa shape index (κ2) is 7.24. The van der Waals surface area contributed by atoms with Gasteiger partial charge < -0.3 is 19.7 Å². The number of oxime groups is 1. The third kappa shape index (κ3) is 3.59. The van der Waals surface area contributed by atoms with Gasteiger partial charge in [0, 0.05) is 5.57 Å². The number of nitrogens with zero attached hydrogens (tertiary/aromatic N) is 3. The van der Waals surface area contributed by atoms with Crippen LogP contribution in [0.15, 0.2) is 17.0 Å². The molecule has 0 unspecified atom stereocenters. The molecule has 26 heavy (non-hydrogen) atoms. The van der Waals surface area contributed by atoms with Crippen LogP contribution in [0.4, 0.5) is 0 Å². The first-order valence-electron chi connectivity index (χ1n) is 6.80. The minimum atomic E-state index is -5.02. The van der Waals surface area contributed by atoms with E-state index in [-0.39, 0.29) is 22.1 Å². The van der Waals surface area contributed by atoms with Crippen LogP contribution in [0.3, 0.4) is 0 Å². The summed E-state index contributed by atoms with van der Waals surface area (Å²) in [5, 5.41) is 6.53. The zero-order valence-corrected chi connectivity index (χ0v) is 14.3. The third-order valence-corrected chi connectivity index (χ3v) is 4.29. The molecule has 0 spiro atoms. The van der Waals surface area contributed by atoms with Crippen molar-refractivity contribution in [2.24, 2.45) is 11.0 Å². The predicted octanol–water partition coefficient (Wildman–Crippen LogP) is -3.33. The van der Waals surface area contributed by atoms with Crippen LogP contribution in [-0.4, -0.2) is 78.8 Å². The first-order valence-corrected chi connectivity index (χ1v) is 8.20. The predicted molar refractivity (Wildman–Crippen MR) is 80.6 cm³/mol. The van der Waals surface area contributed by atoms with Gasteiger partial charge in [0.1, 0.15) is 19.4 Å². The van der Waals surface area contributed by atoms with Crippen molar-refractivity contribution in [2.75, 3.05) is 20.8 Å². The summed E-state index contributed by atoms with van der Waals surface area (Å²) in [6.07, 6.45) is 1.11. The largest absolute Gasteiger partial charge is 0.467 e. The molecule has 14 nitrogen and oxygen atoms in total. The molecule has 0 bridgehead atoms. The van der Waals surface area contributed by atoms with E-state index in [1.54, 1.807) is 0 Å². The van der Waals surface area contributed by atoms with E-state index in [4.69, 9.17) is 15.2 Å². The van der Waals surface area contributed by atoms with Gasteiger partial charge in [-0.3, -0.25) is 14.1 Å². The van der Waals surface area contributed by atoms with Gasteiger partial charge in [-0.15, -0.1) is 0 Å². The van der Waals surface area contributed by atoms with Crippen molar-refractivity contribution in [2.45, 2.75) is 12.1 Å². The maximum Gasteiger partial charge on any atom is 0.363 e. The number of β-lactam (4-membered cyclic amide) rings is 1. The van der Waals surface area contributed by atoms with Gasteiger partial charge in [0.05, 0.1) is 13.7 Å². The lowest BCUT2D eigenvalue weighted by molar-refractivity contribution is -0.162. The molecule has 2 aliphatic heterocycles. The Balaban J connectivity index is 2.22. The quantitative estimate of drug-likeness (QED) is 0.102. The molecular weight excluding hydrogens is 378 g/mol. The fourth-order valence-corrected chi connectivity index (χ4v) is 3.10. The summed E-state index contributed by atoms with van der Waals surface area (Å²) in [6, 6.07) is -3.37. The van der Waals surface area contributed by atoms with Crippen LogP contribution in [0, 0.1) is 0 Å². The van der Waals surface area contributed by atoms with Crippen molar-refractivity contribution in [3.8, 4) is 0 Å². The molecule has 144 valence electrons. The highest BCUT2D eigenvalue weighted by molar-refractivity contribution is 7.84. The molecule has 1 saturated heterocycles. The minimum Gasteiger partial charge on any atom is -0.467 e. The van der Waals surface area contributed by atoms with Gasteiger partial charge in [0.15, 0.2) is 11.8 Å². The first kappa shape index (κ1) is 19.6. The monoisotopic (exact) mass is 393 g/mol. The van der Waals surface area contributed by atoms with E-state index in [9.17, 15) is 22.8 Å². The van der Waals surface area contributed by atoms with Crippen molar-refractivity contribution < 1.29 is 41.8 Å². The average molecular weight is 393 g/mol. The average Bonchev–Trinajstić information content (AvgIpc) is 2.98. The molecule has 4 N–H and O–H groups in total. The number of hydroxylamine groups is 1. The highest BCUT2D eigenvalue weighted by Crippen LogP contribution is 2.25. The minimum absolute atomic E-state index is 0.0359. The topological polar surface area (TPSA) is 190 Å². The summed E-state index contributed by atoms with van der Waals surface area (Å²) in [5.74, 6) is 2.02. The highest BCUT2D eigenvalue weighted by atomic mass is 32.2. The maximum atomic E-state index is 12.4. The van der Waals surface area contributed by atoms with E-state index in [2.05, 4.69) is 20.0 Å². The fourth-order valence-electron chi connectivity index (χ4n) is 2.26. The Hall–Kier alpha value is -2.75. The number of esters is 1. The Kier molecular flexibility index (Phi) is 5.45. The Morgan fingerprint density at radius 1 is 1.46 bits per heavy atom. The number of nitrogens with two attached hydrogens (primary N) is 1. The van der Waals surface area contributed by atoms with Crippen molar-refractivity contribution in [3.05, 3.63) is 11.8 Å². The number of carbonyl (C=O) groups is 3. The fraction of sp³-hybridized carbons (Fsp3) is 0.455. The molecule has 0 saturated carbocycles. The summed E-state index contributed by atoms with van der Waals surface area (Å²) in [5.41, 5.74) is -0.123. The van der Waals surface area contributed by atoms with Crippen LogP contribution in [0.5, 0.6) is 0 Å².